The van der Waals surface area contributed by atoms with Crippen molar-refractivity contribution in [3.05, 3.63) is 107 Å². The van der Waals surface area contributed by atoms with E-state index >= 15 is 0 Å². The first kappa shape index (κ1) is 19.5. The third-order valence-electron chi connectivity index (χ3n) is 5.77. The minimum atomic E-state index is -0.166. The normalized spacial score (nSPS) is 12.5. The second kappa shape index (κ2) is 7.46. The van der Waals surface area contributed by atoms with Gasteiger partial charge in [0.2, 0.25) is 0 Å². The molecule has 0 amide bonds. The van der Waals surface area contributed by atoms with Gasteiger partial charge in [-0.3, -0.25) is 9.59 Å². The predicted molar refractivity (Wildman–Crippen MR) is 131 cm³/mol. The molecule has 0 radical (unpaired) electrons. The summed E-state index contributed by atoms with van der Waals surface area (Å²) in [6, 6.07) is 24.4. The number of hydrogen-bond acceptors (Lipinski definition) is 6. The molecule has 158 valence electrons. The highest BCUT2D eigenvalue weighted by Gasteiger charge is 2.31. The summed E-state index contributed by atoms with van der Waals surface area (Å²) in [7, 11) is 0. The minimum Gasteiger partial charge on any atom is -0.339 e. The van der Waals surface area contributed by atoms with Crippen LogP contribution >= 0.6 is 11.3 Å². The van der Waals surface area contributed by atoms with Crippen molar-refractivity contribution in [2.45, 2.75) is 6.92 Å². The van der Waals surface area contributed by atoms with E-state index in [1.165, 1.54) is 0 Å². The molecule has 5 aromatic rings. The molecule has 0 bridgehead atoms. The highest BCUT2D eigenvalue weighted by atomic mass is 32.1. The third-order valence-corrected chi connectivity index (χ3v) is 6.85. The van der Waals surface area contributed by atoms with Crippen LogP contribution < -0.4 is 5.32 Å². The SMILES string of the molecule is Cc1nc(Nc2cccc3c2C(=O)c2ccccc2C3=O)c2cc(-c3ccccc3)sc2n1. The number of benzene rings is 3. The summed E-state index contributed by atoms with van der Waals surface area (Å²) >= 11 is 1.60. The van der Waals surface area contributed by atoms with Gasteiger partial charge in [0.05, 0.1) is 16.6 Å². The molecule has 0 unspecified atom stereocenters. The van der Waals surface area contributed by atoms with Crippen molar-refractivity contribution in [2.24, 2.45) is 0 Å². The van der Waals surface area contributed by atoms with Crippen molar-refractivity contribution in [3.8, 4) is 10.4 Å². The summed E-state index contributed by atoms with van der Waals surface area (Å²) in [6.45, 7) is 1.85. The van der Waals surface area contributed by atoms with Gasteiger partial charge >= 0.3 is 0 Å². The van der Waals surface area contributed by atoms with Crippen LogP contribution in [0.5, 0.6) is 0 Å². The van der Waals surface area contributed by atoms with Crippen molar-refractivity contribution in [2.75, 3.05) is 5.32 Å². The van der Waals surface area contributed by atoms with Crippen molar-refractivity contribution >= 4 is 44.6 Å². The van der Waals surface area contributed by atoms with Crippen molar-refractivity contribution in [3.63, 3.8) is 0 Å². The average molecular weight is 448 g/mol. The molecule has 0 fully saturated rings. The Morgan fingerprint density at radius 2 is 1.45 bits per heavy atom. The Morgan fingerprint density at radius 1 is 0.758 bits per heavy atom. The Hall–Kier alpha value is -4.16. The van der Waals surface area contributed by atoms with Crippen LogP contribution in [-0.2, 0) is 0 Å². The lowest BCUT2D eigenvalue weighted by molar-refractivity contribution is 0.0979. The molecule has 6 heteroatoms. The van der Waals surface area contributed by atoms with Gasteiger partial charge in [-0.25, -0.2) is 9.97 Å². The first-order chi connectivity index (χ1) is 16.1. The van der Waals surface area contributed by atoms with E-state index < -0.39 is 0 Å². The molecule has 1 N–H and O–H groups in total. The summed E-state index contributed by atoms with van der Waals surface area (Å²) in [5.41, 5.74) is 3.32. The molecule has 2 aromatic heterocycles. The summed E-state index contributed by atoms with van der Waals surface area (Å²) < 4.78 is 0. The van der Waals surface area contributed by atoms with Gasteiger partial charge in [-0.2, -0.15) is 0 Å². The molecule has 6 rings (SSSR count). The molecular weight excluding hydrogens is 430 g/mol. The second-order valence-corrected chi connectivity index (χ2v) is 8.90. The topological polar surface area (TPSA) is 72.0 Å². The maximum Gasteiger partial charge on any atom is 0.196 e. The van der Waals surface area contributed by atoms with Gasteiger partial charge < -0.3 is 5.32 Å². The monoisotopic (exact) mass is 447 g/mol. The lowest BCUT2D eigenvalue weighted by Crippen LogP contribution is -2.22. The number of rotatable bonds is 3. The highest BCUT2D eigenvalue weighted by molar-refractivity contribution is 7.21. The van der Waals surface area contributed by atoms with E-state index in [4.69, 9.17) is 0 Å². The van der Waals surface area contributed by atoms with Gasteiger partial charge in [-0.15, -0.1) is 11.3 Å². The van der Waals surface area contributed by atoms with E-state index in [1.54, 1.807) is 47.7 Å². The van der Waals surface area contributed by atoms with Gasteiger partial charge in [0.15, 0.2) is 11.6 Å². The van der Waals surface area contributed by atoms with Gasteiger partial charge in [-0.05, 0) is 24.6 Å². The van der Waals surface area contributed by atoms with Crippen molar-refractivity contribution in [1.29, 1.82) is 0 Å². The number of nitrogens with zero attached hydrogens (tertiary/aromatic N) is 2. The largest absolute Gasteiger partial charge is 0.339 e. The number of anilines is 2. The Labute approximate surface area is 193 Å². The summed E-state index contributed by atoms with van der Waals surface area (Å²) in [4.78, 5) is 37.6. The smallest absolute Gasteiger partial charge is 0.196 e. The van der Waals surface area contributed by atoms with Crippen LogP contribution in [0.1, 0.15) is 37.7 Å². The quantitative estimate of drug-likeness (QED) is 0.350. The summed E-state index contributed by atoms with van der Waals surface area (Å²) in [5.74, 6) is 0.933. The summed E-state index contributed by atoms with van der Waals surface area (Å²) in [5, 5.41) is 4.22. The lowest BCUT2D eigenvalue weighted by atomic mass is 9.83. The van der Waals surface area contributed by atoms with E-state index in [0.29, 0.717) is 39.6 Å². The van der Waals surface area contributed by atoms with Crippen molar-refractivity contribution < 1.29 is 9.59 Å². The van der Waals surface area contributed by atoms with Crippen LogP contribution in [-0.4, -0.2) is 21.5 Å². The van der Waals surface area contributed by atoms with Gasteiger partial charge in [0.1, 0.15) is 16.5 Å². The Balaban J connectivity index is 1.49. The number of carbonyl (C=O) groups is 2. The van der Waals surface area contributed by atoms with Crippen LogP contribution in [0.25, 0.3) is 20.7 Å². The number of aromatic nitrogens is 2. The maximum absolute atomic E-state index is 13.4. The fourth-order valence-electron chi connectivity index (χ4n) is 4.24. The highest BCUT2D eigenvalue weighted by Crippen LogP contribution is 2.38. The lowest BCUT2D eigenvalue weighted by Gasteiger charge is -2.20. The number of ketones is 2. The van der Waals surface area contributed by atoms with Crippen LogP contribution in [0.4, 0.5) is 11.5 Å². The number of hydrogen-bond donors (Lipinski definition) is 1. The molecule has 0 saturated carbocycles. The molecular formula is C27H17N3O2S. The van der Waals surface area contributed by atoms with E-state index in [1.807, 2.05) is 31.2 Å². The van der Waals surface area contributed by atoms with Crippen LogP contribution in [0.3, 0.4) is 0 Å². The fraction of sp³-hybridized carbons (Fsp3) is 0.0370. The number of carbonyl (C=O) groups excluding carboxylic acids is 2. The maximum atomic E-state index is 13.4. The standard InChI is InChI=1S/C27H17N3O2S/c1-15-28-26(20-14-22(33-27(20)29-15)16-8-3-2-4-9-16)30-21-13-7-12-19-23(21)25(32)18-11-6-5-10-17(18)24(19)31/h2-14H,1H3,(H,28,29,30). The molecule has 0 atom stereocenters. The molecule has 5 nitrogen and oxygen atoms in total. The van der Waals surface area contributed by atoms with Crippen molar-refractivity contribution in [1.82, 2.24) is 9.97 Å². The minimum absolute atomic E-state index is 0.144. The fourth-order valence-corrected chi connectivity index (χ4v) is 5.33. The second-order valence-electron chi connectivity index (χ2n) is 7.87. The number of thiophene rings is 1. The predicted octanol–water partition coefficient (Wildman–Crippen LogP) is 6.19. The zero-order chi connectivity index (χ0) is 22.5. The Kier molecular flexibility index (Phi) is 4.41. The Bertz CT molecular complexity index is 1590. The molecule has 1 aliphatic carbocycles. The van der Waals surface area contributed by atoms with Gasteiger partial charge in [0.25, 0.3) is 0 Å². The zero-order valence-electron chi connectivity index (χ0n) is 17.6. The van der Waals surface area contributed by atoms with E-state index in [9.17, 15) is 9.59 Å². The zero-order valence-corrected chi connectivity index (χ0v) is 18.4. The number of fused-ring (bicyclic) bond motifs is 3. The van der Waals surface area contributed by atoms with Gasteiger partial charge in [-0.1, -0.05) is 66.7 Å². The van der Waals surface area contributed by atoms with E-state index in [2.05, 4.69) is 33.5 Å². The number of nitrogens with one attached hydrogen (secondary N) is 1. The molecule has 3 aromatic carbocycles. The van der Waals surface area contributed by atoms with Gasteiger partial charge in [0, 0.05) is 21.6 Å². The van der Waals surface area contributed by atoms with Crippen LogP contribution in [0, 0.1) is 6.92 Å². The molecule has 33 heavy (non-hydrogen) atoms. The van der Waals surface area contributed by atoms with E-state index in [0.717, 1.165) is 20.7 Å². The third kappa shape index (κ3) is 3.15. The molecule has 0 aliphatic heterocycles. The molecule has 2 heterocycles. The van der Waals surface area contributed by atoms with Crippen LogP contribution in [0.2, 0.25) is 0 Å². The number of aryl methyl sites for hydroxylation is 1. The molecule has 1 aliphatic rings. The molecule has 0 saturated heterocycles. The Morgan fingerprint density at radius 3 is 2.24 bits per heavy atom. The average Bonchev–Trinajstić information content (AvgIpc) is 3.27. The van der Waals surface area contributed by atoms with Crippen LogP contribution in [0.15, 0.2) is 78.9 Å². The van der Waals surface area contributed by atoms with E-state index in [-0.39, 0.29) is 11.6 Å². The first-order valence-corrected chi connectivity index (χ1v) is 11.3. The first-order valence-electron chi connectivity index (χ1n) is 10.5. The molecule has 0 spiro atoms. The summed E-state index contributed by atoms with van der Waals surface area (Å²) in [6.07, 6.45) is 0.